The molecule has 3 aromatic rings. The third kappa shape index (κ3) is 3.10. The number of benzene rings is 2. The first kappa shape index (κ1) is 13.0. The molecule has 0 bridgehead atoms. The third-order valence-corrected chi connectivity index (χ3v) is 3.70. The molecule has 0 fully saturated rings. The van der Waals surface area contributed by atoms with E-state index in [9.17, 15) is 0 Å². The van der Waals surface area contributed by atoms with Gasteiger partial charge in [0.05, 0.1) is 11.4 Å². The van der Waals surface area contributed by atoms with Gasteiger partial charge in [0.15, 0.2) is 0 Å². The van der Waals surface area contributed by atoms with Crippen molar-refractivity contribution in [2.75, 3.05) is 10.9 Å². The van der Waals surface area contributed by atoms with E-state index in [1.54, 1.807) is 11.3 Å². The van der Waals surface area contributed by atoms with E-state index >= 15 is 0 Å². The molecule has 5 heteroatoms. The van der Waals surface area contributed by atoms with E-state index in [0.717, 1.165) is 22.1 Å². The molecule has 0 aliphatic rings. The lowest BCUT2D eigenvalue weighted by Gasteiger charge is -2.06. The zero-order valence-electron chi connectivity index (χ0n) is 10.5. The number of halogens is 1. The van der Waals surface area contributed by atoms with Crippen molar-refractivity contribution < 1.29 is 0 Å². The van der Waals surface area contributed by atoms with Gasteiger partial charge in [0.2, 0.25) is 5.13 Å². The fourth-order valence-electron chi connectivity index (χ4n) is 1.76. The number of hydrogen-bond donors (Lipinski definition) is 2. The minimum atomic E-state index is 0.695. The molecule has 2 aromatic carbocycles. The van der Waals surface area contributed by atoms with Crippen molar-refractivity contribution in [3.63, 3.8) is 0 Å². The highest BCUT2D eigenvalue weighted by atomic mass is 35.5. The maximum absolute atomic E-state index is 5.93. The molecule has 0 amide bonds. The van der Waals surface area contributed by atoms with Crippen LogP contribution in [0.15, 0.2) is 60.0 Å². The SMILES string of the molecule is Clc1cccc(NNc2nc(-c3ccccc3)cs2)c1. The van der Waals surface area contributed by atoms with Crippen molar-refractivity contribution in [1.29, 1.82) is 0 Å². The number of aromatic nitrogens is 1. The number of hydrogen-bond acceptors (Lipinski definition) is 4. The van der Waals surface area contributed by atoms with E-state index in [-0.39, 0.29) is 0 Å². The molecule has 1 heterocycles. The van der Waals surface area contributed by atoms with E-state index in [0.29, 0.717) is 5.02 Å². The molecule has 100 valence electrons. The number of rotatable bonds is 4. The number of hydrazine groups is 1. The van der Waals surface area contributed by atoms with Gasteiger partial charge in [0, 0.05) is 16.0 Å². The number of nitrogens with zero attached hydrogens (tertiary/aromatic N) is 1. The lowest BCUT2D eigenvalue weighted by atomic mass is 10.2. The second-order valence-electron chi connectivity index (χ2n) is 4.16. The predicted octanol–water partition coefficient (Wildman–Crippen LogP) is 4.90. The molecule has 0 saturated heterocycles. The molecule has 1 aromatic heterocycles. The fourth-order valence-corrected chi connectivity index (χ4v) is 2.63. The van der Waals surface area contributed by atoms with Crippen LogP contribution >= 0.6 is 22.9 Å². The van der Waals surface area contributed by atoms with Crippen LogP contribution in [-0.2, 0) is 0 Å². The summed E-state index contributed by atoms with van der Waals surface area (Å²) in [5.41, 5.74) is 9.13. The number of thiazole rings is 1. The van der Waals surface area contributed by atoms with Gasteiger partial charge in [-0.15, -0.1) is 11.3 Å². The minimum absolute atomic E-state index is 0.695. The first-order valence-electron chi connectivity index (χ1n) is 6.10. The van der Waals surface area contributed by atoms with Gasteiger partial charge in [-0.3, -0.25) is 10.9 Å². The highest BCUT2D eigenvalue weighted by Gasteiger charge is 2.03. The zero-order valence-corrected chi connectivity index (χ0v) is 12.1. The Morgan fingerprint density at radius 2 is 1.80 bits per heavy atom. The van der Waals surface area contributed by atoms with Crippen LogP contribution in [0, 0.1) is 0 Å². The molecule has 3 nitrogen and oxygen atoms in total. The maximum atomic E-state index is 5.93. The Bertz CT molecular complexity index is 697. The molecule has 0 unspecified atom stereocenters. The third-order valence-electron chi connectivity index (χ3n) is 2.71. The number of nitrogens with one attached hydrogen (secondary N) is 2. The topological polar surface area (TPSA) is 37.0 Å². The Hall–Kier alpha value is -2.04. The molecule has 0 saturated carbocycles. The summed E-state index contributed by atoms with van der Waals surface area (Å²) < 4.78 is 0. The summed E-state index contributed by atoms with van der Waals surface area (Å²) in [6.07, 6.45) is 0. The highest BCUT2D eigenvalue weighted by Crippen LogP contribution is 2.24. The molecule has 0 aliphatic carbocycles. The van der Waals surface area contributed by atoms with E-state index in [2.05, 4.69) is 15.8 Å². The second kappa shape index (κ2) is 5.94. The van der Waals surface area contributed by atoms with Gasteiger partial charge in [-0.05, 0) is 18.2 Å². The van der Waals surface area contributed by atoms with Gasteiger partial charge < -0.3 is 0 Å². The predicted molar refractivity (Wildman–Crippen MR) is 86.2 cm³/mol. The highest BCUT2D eigenvalue weighted by molar-refractivity contribution is 7.14. The summed E-state index contributed by atoms with van der Waals surface area (Å²) in [5, 5.41) is 3.53. The lowest BCUT2D eigenvalue weighted by Crippen LogP contribution is -2.07. The Labute approximate surface area is 126 Å². The van der Waals surface area contributed by atoms with Crippen LogP contribution < -0.4 is 10.9 Å². The van der Waals surface area contributed by atoms with Gasteiger partial charge in [-0.1, -0.05) is 48.0 Å². The van der Waals surface area contributed by atoms with Gasteiger partial charge in [0.1, 0.15) is 0 Å². The van der Waals surface area contributed by atoms with E-state index < -0.39 is 0 Å². The van der Waals surface area contributed by atoms with E-state index in [1.807, 2.05) is 60.0 Å². The molecular weight excluding hydrogens is 290 g/mol. The average Bonchev–Trinajstić information content (AvgIpc) is 2.95. The molecule has 20 heavy (non-hydrogen) atoms. The Morgan fingerprint density at radius 3 is 2.60 bits per heavy atom. The van der Waals surface area contributed by atoms with E-state index in [1.165, 1.54) is 0 Å². The van der Waals surface area contributed by atoms with Crippen molar-refractivity contribution in [2.24, 2.45) is 0 Å². The summed E-state index contributed by atoms with van der Waals surface area (Å²) in [7, 11) is 0. The summed E-state index contributed by atoms with van der Waals surface area (Å²) in [6.45, 7) is 0. The van der Waals surface area contributed by atoms with Gasteiger partial charge in [-0.25, -0.2) is 4.98 Å². The van der Waals surface area contributed by atoms with Crippen molar-refractivity contribution in [2.45, 2.75) is 0 Å². The molecule has 0 atom stereocenters. The summed E-state index contributed by atoms with van der Waals surface area (Å²) >= 11 is 7.48. The number of anilines is 2. The first-order chi connectivity index (χ1) is 9.81. The van der Waals surface area contributed by atoms with Crippen LogP contribution in [0.4, 0.5) is 10.8 Å². The second-order valence-corrected chi connectivity index (χ2v) is 5.46. The van der Waals surface area contributed by atoms with E-state index in [4.69, 9.17) is 11.6 Å². The summed E-state index contributed by atoms with van der Waals surface area (Å²) in [6, 6.07) is 17.6. The summed E-state index contributed by atoms with van der Waals surface area (Å²) in [5.74, 6) is 0. The van der Waals surface area contributed by atoms with Crippen molar-refractivity contribution in [3.05, 3.63) is 65.0 Å². The van der Waals surface area contributed by atoms with Crippen molar-refractivity contribution in [1.82, 2.24) is 4.98 Å². The van der Waals surface area contributed by atoms with Gasteiger partial charge in [-0.2, -0.15) is 0 Å². The average molecular weight is 302 g/mol. The normalized spacial score (nSPS) is 10.2. The molecule has 0 radical (unpaired) electrons. The Kier molecular flexibility index (Phi) is 3.85. The molecule has 3 rings (SSSR count). The molecule has 0 aliphatic heterocycles. The molecular formula is C15H12ClN3S. The van der Waals surface area contributed by atoms with Crippen LogP contribution in [0.5, 0.6) is 0 Å². The quantitative estimate of drug-likeness (QED) is 0.673. The van der Waals surface area contributed by atoms with Crippen LogP contribution in [0.2, 0.25) is 5.02 Å². The monoisotopic (exact) mass is 301 g/mol. The standard InChI is InChI=1S/C15H12ClN3S/c16-12-7-4-8-13(9-12)18-19-15-17-14(10-20-15)11-5-2-1-3-6-11/h1-10,18H,(H,17,19). The van der Waals surface area contributed by atoms with Crippen LogP contribution in [0.3, 0.4) is 0 Å². The molecule has 0 spiro atoms. The Morgan fingerprint density at radius 1 is 0.950 bits per heavy atom. The smallest absolute Gasteiger partial charge is 0.202 e. The first-order valence-corrected chi connectivity index (χ1v) is 7.35. The van der Waals surface area contributed by atoms with Crippen LogP contribution in [-0.4, -0.2) is 4.98 Å². The van der Waals surface area contributed by atoms with Crippen molar-refractivity contribution >= 4 is 33.8 Å². The Balaban J connectivity index is 1.69. The maximum Gasteiger partial charge on any atom is 0.202 e. The lowest BCUT2D eigenvalue weighted by molar-refractivity contribution is 1.33. The zero-order chi connectivity index (χ0) is 13.8. The molecule has 2 N–H and O–H groups in total. The van der Waals surface area contributed by atoms with Gasteiger partial charge in [0.25, 0.3) is 0 Å². The minimum Gasteiger partial charge on any atom is -0.299 e. The fraction of sp³-hybridized carbons (Fsp3) is 0. The largest absolute Gasteiger partial charge is 0.299 e. The van der Waals surface area contributed by atoms with Crippen LogP contribution in [0.1, 0.15) is 0 Å². The van der Waals surface area contributed by atoms with Crippen molar-refractivity contribution in [3.8, 4) is 11.3 Å². The van der Waals surface area contributed by atoms with Gasteiger partial charge >= 0.3 is 0 Å². The summed E-state index contributed by atoms with van der Waals surface area (Å²) in [4.78, 5) is 4.53. The van der Waals surface area contributed by atoms with Crippen LogP contribution in [0.25, 0.3) is 11.3 Å².